The summed E-state index contributed by atoms with van der Waals surface area (Å²) in [5.74, 6) is -1.58. The lowest BCUT2D eigenvalue weighted by Gasteiger charge is -2.36. The number of halogens is 6. The summed E-state index contributed by atoms with van der Waals surface area (Å²) in [6, 6.07) is 2.93. The second-order valence-electron chi connectivity index (χ2n) is 7.11. The lowest BCUT2D eigenvalue weighted by atomic mass is 9.84. The Hall–Kier alpha value is -3.95. The van der Waals surface area contributed by atoms with E-state index < -0.39 is 60.0 Å². The molecule has 0 saturated carbocycles. The normalized spacial score (nSPS) is 20.0. The molecule has 2 unspecified atom stereocenters. The van der Waals surface area contributed by atoms with Crippen LogP contribution in [0.15, 0.2) is 35.5 Å². The minimum atomic E-state index is -4.98. The molecular weight excluding hydrogens is 470 g/mol. The molecule has 0 aliphatic carbocycles. The van der Waals surface area contributed by atoms with E-state index in [0.29, 0.717) is 6.07 Å². The number of aliphatic imine (C=N–C) groups is 1. The van der Waals surface area contributed by atoms with Crippen LogP contribution in [0.25, 0.3) is 0 Å². The van der Waals surface area contributed by atoms with Crippen molar-refractivity contribution in [3.63, 3.8) is 0 Å². The molecule has 180 valence electrons. The van der Waals surface area contributed by atoms with Gasteiger partial charge in [-0.25, -0.2) is 23.1 Å². The van der Waals surface area contributed by atoms with Crippen molar-refractivity contribution >= 4 is 17.6 Å². The molecule has 1 aliphatic heterocycles. The molecule has 0 spiro atoms. The lowest BCUT2D eigenvalue weighted by molar-refractivity contribution is -0.209. The molecule has 1 aliphatic rings. The summed E-state index contributed by atoms with van der Waals surface area (Å²) in [6.45, 7) is -1.69. The topological polar surface area (TPSA) is 98.8 Å². The smallest absolute Gasteiger partial charge is 0.425 e. The highest BCUT2D eigenvalue weighted by molar-refractivity contribution is 6.02. The predicted octanol–water partition coefficient (Wildman–Crippen LogP) is 3.45. The number of nitrogens with zero attached hydrogens (tertiary/aromatic N) is 2. The van der Waals surface area contributed by atoms with Gasteiger partial charge < -0.3 is 20.5 Å². The van der Waals surface area contributed by atoms with Crippen molar-refractivity contribution in [1.29, 1.82) is 0 Å². The third-order valence-corrected chi connectivity index (χ3v) is 4.78. The van der Waals surface area contributed by atoms with Crippen LogP contribution in [-0.4, -0.2) is 42.5 Å². The standard InChI is InChI=1S/C21H16F6N4O3/c1-2-5-33-12-3-4-15(29-9-12)18(32)30-11-6-13(17(24)14(23)7-11)20(10-22)8-16(21(25,26)27)34-19(28)31-20/h1,3-4,6-7,9,16H,5,8,10H2,(H2,28,31)(H,30,32). The summed E-state index contributed by atoms with van der Waals surface area (Å²) in [5.41, 5.74) is 1.32. The molecule has 3 N–H and O–H groups in total. The average Bonchev–Trinajstić information content (AvgIpc) is 2.79. The zero-order chi connectivity index (χ0) is 25.1. The largest absolute Gasteiger partial charge is 0.479 e. The van der Waals surface area contributed by atoms with Gasteiger partial charge in [0.05, 0.1) is 6.20 Å². The number of pyridine rings is 1. The Bertz CT molecular complexity index is 1150. The van der Waals surface area contributed by atoms with Crippen LogP contribution in [0.3, 0.4) is 0 Å². The number of nitrogens with two attached hydrogens (primary N) is 1. The van der Waals surface area contributed by atoms with Gasteiger partial charge in [-0.2, -0.15) is 13.2 Å². The maximum atomic E-state index is 14.6. The van der Waals surface area contributed by atoms with E-state index in [1.165, 1.54) is 18.3 Å². The Kier molecular flexibility index (Phi) is 6.90. The van der Waals surface area contributed by atoms with E-state index in [4.69, 9.17) is 16.9 Å². The van der Waals surface area contributed by atoms with Crippen LogP contribution < -0.4 is 15.8 Å². The number of hydrogen-bond donors (Lipinski definition) is 2. The summed E-state index contributed by atoms with van der Waals surface area (Å²) >= 11 is 0. The third-order valence-electron chi connectivity index (χ3n) is 4.78. The van der Waals surface area contributed by atoms with Gasteiger partial charge in [0.15, 0.2) is 17.7 Å². The Morgan fingerprint density at radius 2 is 2.09 bits per heavy atom. The van der Waals surface area contributed by atoms with Gasteiger partial charge in [-0.15, -0.1) is 6.42 Å². The monoisotopic (exact) mass is 486 g/mol. The van der Waals surface area contributed by atoms with Crippen LogP contribution in [0.2, 0.25) is 0 Å². The number of aromatic nitrogens is 1. The fourth-order valence-electron chi connectivity index (χ4n) is 3.21. The van der Waals surface area contributed by atoms with Gasteiger partial charge in [-0.1, -0.05) is 5.92 Å². The van der Waals surface area contributed by atoms with E-state index in [1.54, 1.807) is 0 Å². The van der Waals surface area contributed by atoms with Crippen molar-refractivity contribution in [3.8, 4) is 18.1 Å². The van der Waals surface area contributed by atoms with Gasteiger partial charge in [0.2, 0.25) is 0 Å². The number of ether oxygens (including phenoxy) is 2. The average molecular weight is 486 g/mol. The highest BCUT2D eigenvalue weighted by atomic mass is 19.4. The number of carbonyl (C=O) groups is 1. The molecule has 2 heterocycles. The number of benzene rings is 1. The number of terminal acetylenes is 1. The molecule has 0 saturated heterocycles. The quantitative estimate of drug-likeness (QED) is 0.482. The van der Waals surface area contributed by atoms with Crippen LogP contribution in [0.5, 0.6) is 5.75 Å². The summed E-state index contributed by atoms with van der Waals surface area (Å²) in [6.07, 6.45) is -2.54. The minimum Gasteiger partial charge on any atom is -0.479 e. The summed E-state index contributed by atoms with van der Waals surface area (Å²) in [5, 5.41) is 2.23. The van der Waals surface area contributed by atoms with Gasteiger partial charge in [0.1, 0.15) is 30.3 Å². The van der Waals surface area contributed by atoms with Crippen LogP contribution in [-0.2, 0) is 10.3 Å². The zero-order valence-corrected chi connectivity index (χ0v) is 17.1. The Morgan fingerprint density at radius 1 is 1.35 bits per heavy atom. The molecule has 13 heteroatoms. The van der Waals surface area contributed by atoms with Gasteiger partial charge in [0.25, 0.3) is 11.9 Å². The number of rotatable bonds is 6. The Morgan fingerprint density at radius 3 is 2.68 bits per heavy atom. The van der Waals surface area contributed by atoms with E-state index in [2.05, 4.69) is 26.0 Å². The maximum Gasteiger partial charge on any atom is 0.425 e. The first kappa shape index (κ1) is 24.7. The number of amides is 1. The number of amidine groups is 1. The summed E-state index contributed by atoms with van der Waals surface area (Å²) in [7, 11) is 0. The second-order valence-corrected chi connectivity index (χ2v) is 7.11. The molecular formula is C21H16F6N4O3. The number of alkyl halides is 4. The van der Waals surface area contributed by atoms with Gasteiger partial charge >= 0.3 is 6.18 Å². The minimum absolute atomic E-state index is 0.0333. The zero-order valence-electron chi connectivity index (χ0n) is 17.1. The molecule has 3 rings (SSSR count). The molecule has 0 radical (unpaired) electrons. The first-order valence-corrected chi connectivity index (χ1v) is 9.47. The first-order chi connectivity index (χ1) is 16.0. The van der Waals surface area contributed by atoms with Crippen LogP contribution >= 0.6 is 0 Å². The number of hydrogen-bond acceptors (Lipinski definition) is 6. The maximum absolute atomic E-state index is 14.6. The fourth-order valence-corrected chi connectivity index (χ4v) is 3.21. The van der Waals surface area contributed by atoms with E-state index in [0.717, 1.165) is 6.07 Å². The third kappa shape index (κ3) is 5.16. The van der Waals surface area contributed by atoms with Gasteiger partial charge in [-0.3, -0.25) is 4.79 Å². The van der Waals surface area contributed by atoms with Crippen molar-refractivity contribution in [2.75, 3.05) is 18.6 Å². The number of nitrogens with one attached hydrogen (secondary N) is 1. The SMILES string of the molecule is C#CCOc1ccc(C(=O)Nc2cc(F)c(F)c(C3(CF)CC(C(F)(F)F)OC(N)=N3)c2)nc1. The molecule has 34 heavy (non-hydrogen) atoms. The molecule has 1 aromatic carbocycles. The molecule has 2 aromatic rings. The van der Waals surface area contributed by atoms with Crippen molar-refractivity contribution < 1.29 is 40.6 Å². The van der Waals surface area contributed by atoms with Crippen molar-refractivity contribution in [3.05, 3.63) is 53.4 Å². The molecule has 1 aromatic heterocycles. The molecule has 2 atom stereocenters. The van der Waals surface area contributed by atoms with Crippen molar-refractivity contribution in [2.45, 2.75) is 24.2 Å². The molecule has 7 nitrogen and oxygen atoms in total. The van der Waals surface area contributed by atoms with Gasteiger partial charge in [-0.05, 0) is 18.2 Å². The summed E-state index contributed by atoms with van der Waals surface area (Å²) in [4.78, 5) is 19.8. The van der Waals surface area contributed by atoms with Crippen LogP contribution in [0.1, 0.15) is 22.5 Å². The van der Waals surface area contributed by atoms with Gasteiger partial charge in [0, 0.05) is 23.7 Å². The Labute approximate surface area is 189 Å². The summed E-state index contributed by atoms with van der Waals surface area (Å²) < 4.78 is 92.2. The number of carbonyl (C=O) groups excluding carboxylic acids is 1. The second kappa shape index (κ2) is 9.50. The van der Waals surface area contributed by atoms with E-state index >= 15 is 0 Å². The van der Waals surface area contributed by atoms with E-state index in [-0.39, 0.29) is 23.7 Å². The highest BCUT2D eigenvalue weighted by Gasteiger charge is 2.52. The lowest BCUT2D eigenvalue weighted by Crippen LogP contribution is -2.48. The van der Waals surface area contributed by atoms with Crippen LogP contribution in [0.4, 0.5) is 32.0 Å². The van der Waals surface area contributed by atoms with Crippen LogP contribution in [0, 0.1) is 24.0 Å². The predicted molar refractivity (Wildman–Crippen MR) is 108 cm³/mol. The number of anilines is 1. The van der Waals surface area contributed by atoms with Crippen molar-refractivity contribution in [1.82, 2.24) is 4.98 Å². The highest BCUT2D eigenvalue weighted by Crippen LogP contribution is 2.42. The van der Waals surface area contributed by atoms with E-state index in [1.807, 2.05) is 0 Å². The molecule has 0 fully saturated rings. The fraction of sp³-hybridized carbons (Fsp3) is 0.286. The first-order valence-electron chi connectivity index (χ1n) is 9.47. The molecule has 0 bridgehead atoms. The molecule has 1 amide bonds. The Balaban J connectivity index is 1.93. The van der Waals surface area contributed by atoms with E-state index in [9.17, 15) is 31.1 Å². The van der Waals surface area contributed by atoms with Crippen molar-refractivity contribution in [2.24, 2.45) is 10.7 Å².